The second kappa shape index (κ2) is 32.2. The fraction of sp³-hybridized carbons (Fsp3) is 0.838. The van der Waals surface area contributed by atoms with Gasteiger partial charge in [0.05, 0.1) is 51.3 Å². The van der Waals surface area contributed by atoms with Gasteiger partial charge in [0.2, 0.25) is 6.29 Å². The Morgan fingerprint density at radius 1 is 0.519 bits per heavy atom. The molecule has 38 unspecified atom stereocenters. The number of fused-ring (bicyclic) bond motifs is 7. The predicted molar refractivity (Wildman–Crippen MR) is 363 cm³/mol. The Kier molecular flexibility index (Phi) is 24.9. The van der Waals surface area contributed by atoms with Crippen LogP contribution in [0.4, 0.5) is 0 Å². The highest BCUT2D eigenvalue weighted by Crippen LogP contribution is 2.76. The van der Waals surface area contributed by atoms with Crippen LogP contribution in [0.25, 0.3) is 6.08 Å². The Hall–Kier alpha value is -3.72. The van der Waals surface area contributed by atoms with Crippen molar-refractivity contribution < 1.29 is 168 Å². The first-order valence-electron chi connectivity index (χ1n) is 37.6. The molecule has 19 N–H and O–H groups in total. The molecule has 0 bridgehead atoms. The minimum absolute atomic E-state index is 0.00925. The zero-order chi connectivity index (χ0) is 78.6. The molecule has 34 heteroatoms. The summed E-state index contributed by atoms with van der Waals surface area (Å²) in [6.07, 6.45) is -43.7. The van der Waals surface area contributed by atoms with E-state index >= 15 is 4.79 Å². The molecule has 34 nitrogen and oxygen atoms in total. The number of carbonyl (C=O) groups excluding carboxylic acids is 2. The van der Waals surface area contributed by atoms with E-state index in [-0.39, 0.29) is 35.8 Å². The van der Waals surface area contributed by atoms with Crippen LogP contribution < -0.4 is 0 Å². The van der Waals surface area contributed by atoms with E-state index in [0.29, 0.717) is 50.5 Å². The van der Waals surface area contributed by atoms with Gasteiger partial charge in [-0.25, -0.2) is 4.79 Å². The van der Waals surface area contributed by atoms with E-state index in [2.05, 4.69) is 54.5 Å². The number of allylic oxidation sites excluding steroid dienone is 2. The first-order valence-corrected chi connectivity index (χ1v) is 37.6. The molecule has 11 aliphatic rings. The van der Waals surface area contributed by atoms with Crippen molar-refractivity contribution >= 4 is 18.0 Å². The number of aromatic hydroxyl groups is 1. The molecule has 108 heavy (non-hydrogen) atoms. The number of phenols is 1. The minimum atomic E-state index is -2.03. The zero-order valence-corrected chi connectivity index (χ0v) is 61.7. The standard InChI is InChI=1S/C74H112O34/c1-30-45(82)48(85)53(90)63(98-30)106-60-38(27-77)100-62(56(93)51(60)88)97-29-39-47(84)50(87)55(92)66(102-39)108-68(95)74-22-21-69(2,3)23-34(74)33-14-15-41-71(6)19-18-43(70(4,5)40(71)17-20-72(41,7)73(33,8)24-42(74)80)103-67-61(107-64-54(91)49(86)46(83)36(25-75)99-64)58(35(79)28-96-67)105-65-57(94)52(89)59(37(26-76)101-65)104-44(81)16-11-31-9-12-32(78)13-10-31/h9-14,16,30,34-43,45-67,75-80,82-94H,15,17-29H2,1-8H3. The van der Waals surface area contributed by atoms with Crippen LogP contribution in [0.1, 0.15) is 119 Å². The van der Waals surface area contributed by atoms with Gasteiger partial charge in [0.25, 0.3) is 0 Å². The average Bonchev–Trinajstić information content (AvgIpc) is 0.670. The van der Waals surface area contributed by atoms with Crippen LogP contribution in [0.5, 0.6) is 5.75 Å². The molecular weight excluding hydrogens is 1430 g/mol. The lowest BCUT2D eigenvalue weighted by Gasteiger charge is -2.71. The summed E-state index contributed by atoms with van der Waals surface area (Å²) in [6, 6.07) is 5.84. The zero-order valence-electron chi connectivity index (χ0n) is 61.7. The molecule has 1 aromatic rings. The molecule has 12 rings (SSSR count). The fourth-order valence-corrected chi connectivity index (χ4v) is 20.2. The lowest BCUT2D eigenvalue weighted by atomic mass is 9.33. The maximum absolute atomic E-state index is 15.5. The van der Waals surface area contributed by atoms with E-state index < -0.39 is 268 Å². The highest BCUT2D eigenvalue weighted by atomic mass is 16.8. The molecule has 6 heterocycles. The van der Waals surface area contributed by atoms with E-state index in [9.17, 15) is 102 Å². The van der Waals surface area contributed by atoms with Gasteiger partial charge in [0.1, 0.15) is 139 Å². The summed E-state index contributed by atoms with van der Waals surface area (Å²) >= 11 is 0. The maximum Gasteiger partial charge on any atom is 0.331 e. The van der Waals surface area contributed by atoms with Crippen molar-refractivity contribution in [3.05, 3.63) is 47.6 Å². The van der Waals surface area contributed by atoms with Gasteiger partial charge in [-0.1, -0.05) is 72.2 Å². The second-order valence-corrected chi connectivity index (χ2v) is 33.9. The quantitative estimate of drug-likeness (QED) is 0.0274. The number of aliphatic hydroxyl groups is 18. The van der Waals surface area contributed by atoms with Crippen molar-refractivity contribution in [3.8, 4) is 5.75 Å². The summed E-state index contributed by atoms with van der Waals surface area (Å²) in [5, 5.41) is 210. The average molecular weight is 1550 g/mol. The van der Waals surface area contributed by atoms with Crippen LogP contribution in [0.15, 0.2) is 42.0 Å². The molecule has 5 aliphatic carbocycles. The Bertz CT molecular complexity index is 3300. The molecule has 10 fully saturated rings. The third-order valence-electron chi connectivity index (χ3n) is 26.7. The van der Waals surface area contributed by atoms with Gasteiger partial charge in [-0.15, -0.1) is 0 Å². The SMILES string of the molecule is CC1OC(OC2C(CO)OC(OCC3OC(OC(=O)C45CCC(C)(C)CC4C4=CCC6C7(C)CCC(OC8OCC(O)C(OC9OC(CO)C(OC(=O)C=Cc%10ccc(O)cc%10)C(O)C9O)C8OC8OC(CO)C(O)C(O)C8O)C(C)(C)C7CCC6(C)C4(C)CC5O)C(O)C(O)C3O)C(O)C2O)C(O)C(O)C1O. The van der Waals surface area contributed by atoms with Gasteiger partial charge < -0.3 is 159 Å². The molecule has 6 aliphatic heterocycles. The Morgan fingerprint density at radius 3 is 1.72 bits per heavy atom. The lowest BCUT2D eigenvalue weighted by Crippen LogP contribution is -2.68. The highest BCUT2D eigenvalue weighted by Gasteiger charge is 2.73. The van der Waals surface area contributed by atoms with Crippen molar-refractivity contribution in [3.63, 3.8) is 0 Å². The Labute approximate surface area is 624 Å². The summed E-state index contributed by atoms with van der Waals surface area (Å²) < 4.78 is 78.2. The summed E-state index contributed by atoms with van der Waals surface area (Å²) in [6.45, 7) is 12.7. The summed E-state index contributed by atoms with van der Waals surface area (Å²) in [5.41, 5.74) is -2.84. The molecule has 612 valence electrons. The highest BCUT2D eigenvalue weighted by molar-refractivity contribution is 5.87. The smallest absolute Gasteiger partial charge is 0.331 e. The maximum atomic E-state index is 15.5. The summed E-state index contributed by atoms with van der Waals surface area (Å²) in [4.78, 5) is 28.5. The number of phenolic OH excluding ortho intramolecular Hbond substituents is 1. The van der Waals surface area contributed by atoms with Crippen molar-refractivity contribution in [1.29, 1.82) is 0 Å². The van der Waals surface area contributed by atoms with Gasteiger partial charge >= 0.3 is 11.9 Å². The second-order valence-electron chi connectivity index (χ2n) is 33.9. The van der Waals surface area contributed by atoms with Crippen LogP contribution >= 0.6 is 0 Å². The summed E-state index contributed by atoms with van der Waals surface area (Å²) in [7, 11) is 0. The normalized spacial score (nSPS) is 50.1. The third kappa shape index (κ3) is 15.0. The molecule has 4 saturated carbocycles. The Balaban J connectivity index is 0.748. The number of carbonyl (C=O) groups is 2. The van der Waals surface area contributed by atoms with Gasteiger partial charge in [-0.3, -0.25) is 4.79 Å². The number of rotatable bonds is 19. The number of hydrogen-bond donors (Lipinski definition) is 19. The molecule has 0 radical (unpaired) electrons. The van der Waals surface area contributed by atoms with Crippen LogP contribution in [-0.4, -0.2) is 332 Å². The van der Waals surface area contributed by atoms with Crippen LogP contribution in [0.2, 0.25) is 0 Å². The van der Waals surface area contributed by atoms with E-state index in [1.54, 1.807) is 0 Å². The van der Waals surface area contributed by atoms with Crippen molar-refractivity contribution in [2.75, 3.05) is 33.0 Å². The van der Waals surface area contributed by atoms with Crippen molar-refractivity contribution in [2.24, 2.45) is 50.2 Å². The Morgan fingerprint density at radius 2 is 1.06 bits per heavy atom. The molecular formula is C74H112O34. The van der Waals surface area contributed by atoms with Crippen LogP contribution in [0, 0.1) is 50.2 Å². The molecule has 1 aromatic carbocycles. The summed E-state index contributed by atoms with van der Waals surface area (Å²) in [5.74, 6) is -2.62. The minimum Gasteiger partial charge on any atom is -0.508 e. The predicted octanol–water partition coefficient (Wildman–Crippen LogP) is -3.78. The van der Waals surface area contributed by atoms with Crippen LogP contribution in [-0.2, 0) is 71.2 Å². The molecule has 0 aromatic heterocycles. The van der Waals surface area contributed by atoms with Gasteiger partial charge in [0, 0.05) is 6.08 Å². The number of aliphatic hydroxyl groups excluding tert-OH is 18. The topological polar surface area (TPSA) is 539 Å². The van der Waals surface area contributed by atoms with Gasteiger partial charge in [-0.05, 0) is 133 Å². The van der Waals surface area contributed by atoms with Gasteiger partial charge in [0.15, 0.2) is 37.6 Å². The van der Waals surface area contributed by atoms with Crippen LogP contribution in [0.3, 0.4) is 0 Å². The first-order chi connectivity index (χ1) is 50.8. The van der Waals surface area contributed by atoms with Gasteiger partial charge in [-0.2, -0.15) is 0 Å². The largest absolute Gasteiger partial charge is 0.508 e. The number of esters is 2. The molecule has 38 atom stereocenters. The van der Waals surface area contributed by atoms with Crippen molar-refractivity contribution in [2.45, 2.75) is 304 Å². The molecule has 0 amide bonds. The lowest BCUT2D eigenvalue weighted by molar-refractivity contribution is -0.389. The first kappa shape index (κ1) is 83.7. The van der Waals surface area contributed by atoms with E-state index in [1.807, 2.05) is 0 Å². The fourth-order valence-electron chi connectivity index (χ4n) is 20.2. The molecule has 0 spiro atoms. The number of benzene rings is 1. The number of ether oxygens (including phenoxy) is 13. The van der Waals surface area contributed by atoms with E-state index in [0.717, 1.165) is 11.6 Å². The van der Waals surface area contributed by atoms with E-state index in [4.69, 9.17) is 61.6 Å². The number of hydrogen-bond acceptors (Lipinski definition) is 34. The van der Waals surface area contributed by atoms with Crippen molar-refractivity contribution in [1.82, 2.24) is 0 Å². The molecule has 6 saturated heterocycles. The third-order valence-corrected chi connectivity index (χ3v) is 26.7. The monoisotopic (exact) mass is 1540 g/mol. The van der Waals surface area contributed by atoms with E-state index in [1.165, 1.54) is 37.3 Å².